The third-order valence-electron chi connectivity index (χ3n) is 3.75. The average molecular weight is 259 g/mol. The van der Waals surface area contributed by atoms with Crippen LogP contribution in [0.25, 0.3) is 0 Å². The molecule has 5 heteroatoms. The summed E-state index contributed by atoms with van der Waals surface area (Å²) in [7, 11) is 0. The minimum Gasteiger partial charge on any atom is -0.306 e. The van der Waals surface area contributed by atoms with E-state index in [2.05, 4.69) is 11.4 Å². The first-order chi connectivity index (χ1) is 9.11. The van der Waals surface area contributed by atoms with Crippen molar-refractivity contribution in [1.82, 2.24) is 5.32 Å². The van der Waals surface area contributed by atoms with Crippen molar-refractivity contribution in [3.63, 3.8) is 0 Å². The van der Waals surface area contributed by atoms with Gasteiger partial charge in [0.05, 0.1) is 16.9 Å². The van der Waals surface area contributed by atoms with Crippen molar-refractivity contribution in [2.24, 2.45) is 5.92 Å². The SMILES string of the molecule is CC(NC1CCCC1C#N)c1ccc([N+](=O)[O-])cc1. The molecule has 3 unspecified atom stereocenters. The van der Waals surface area contributed by atoms with Crippen molar-refractivity contribution in [3.05, 3.63) is 39.9 Å². The van der Waals surface area contributed by atoms with Crippen LogP contribution in [0.1, 0.15) is 37.8 Å². The highest BCUT2D eigenvalue weighted by Crippen LogP contribution is 2.27. The molecule has 0 heterocycles. The van der Waals surface area contributed by atoms with E-state index in [-0.39, 0.29) is 23.7 Å². The van der Waals surface area contributed by atoms with Gasteiger partial charge in [-0.3, -0.25) is 10.1 Å². The Morgan fingerprint density at radius 2 is 2.11 bits per heavy atom. The van der Waals surface area contributed by atoms with Crippen LogP contribution >= 0.6 is 0 Å². The first kappa shape index (κ1) is 13.5. The third-order valence-corrected chi connectivity index (χ3v) is 3.75. The number of nitro groups is 1. The van der Waals surface area contributed by atoms with E-state index in [1.807, 2.05) is 6.92 Å². The molecule has 1 fully saturated rings. The molecule has 1 aliphatic carbocycles. The summed E-state index contributed by atoms with van der Waals surface area (Å²) in [5.74, 6) is 0.0838. The monoisotopic (exact) mass is 259 g/mol. The van der Waals surface area contributed by atoms with E-state index in [9.17, 15) is 10.1 Å². The molecule has 2 rings (SSSR count). The predicted octanol–water partition coefficient (Wildman–Crippen LogP) is 2.94. The third kappa shape index (κ3) is 3.09. The van der Waals surface area contributed by atoms with Gasteiger partial charge < -0.3 is 5.32 Å². The van der Waals surface area contributed by atoms with Crippen molar-refractivity contribution in [1.29, 1.82) is 5.26 Å². The molecule has 1 aliphatic rings. The fourth-order valence-electron chi connectivity index (χ4n) is 2.62. The Hall–Kier alpha value is -1.93. The van der Waals surface area contributed by atoms with Crippen LogP contribution in [-0.4, -0.2) is 11.0 Å². The van der Waals surface area contributed by atoms with Gasteiger partial charge in [-0.05, 0) is 25.3 Å². The van der Waals surface area contributed by atoms with Crippen molar-refractivity contribution in [2.75, 3.05) is 0 Å². The highest BCUT2D eigenvalue weighted by molar-refractivity contribution is 5.34. The smallest absolute Gasteiger partial charge is 0.269 e. The molecular formula is C14H17N3O2. The number of nitrogens with one attached hydrogen (secondary N) is 1. The van der Waals surface area contributed by atoms with Gasteiger partial charge in [0.2, 0.25) is 0 Å². The van der Waals surface area contributed by atoms with Gasteiger partial charge in [0.15, 0.2) is 0 Å². The summed E-state index contributed by atoms with van der Waals surface area (Å²) in [6, 6.07) is 9.25. The lowest BCUT2D eigenvalue weighted by atomic mass is 10.0. The number of rotatable bonds is 4. The van der Waals surface area contributed by atoms with Crippen LogP contribution in [0, 0.1) is 27.4 Å². The predicted molar refractivity (Wildman–Crippen MR) is 71.4 cm³/mol. The Morgan fingerprint density at radius 3 is 2.68 bits per heavy atom. The van der Waals surface area contributed by atoms with Crippen LogP contribution in [0.5, 0.6) is 0 Å². The Labute approximate surface area is 112 Å². The summed E-state index contributed by atoms with van der Waals surface area (Å²) in [6.07, 6.45) is 3.07. The maximum absolute atomic E-state index is 10.6. The van der Waals surface area contributed by atoms with Gasteiger partial charge >= 0.3 is 0 Å². The van der Waals surface area contributed by atoms with Gasteiger partial charge in [0.25, 0.3) is 5.69 Å². The minimum atomic E-state index is -0.398. The molecule has 1 aromatic rings. The number of benzene rings is 1. The maximum atomic E-state index is 10.6. The van der Waals surface area contributed by atoms with E-state index >= 15 is 0 Å². The van der Waals surface area contributed by atoms with Gasteiger partial charge in [-0.1, -0.05) is 18.6 Å². The molecule has 0 spiro atoms. The van der Waals surface area contributed by atoms with E-state index < -0.39 is 4.92 Å². The average Bonchev–Trinajstić information content (AvgIpc) is 2.86. The standard InChI is InChI=1S/C14H17N3O2/c1-10(16-14-4-2-3-12(14)9-15)11-5-7-13(8-6-11)17(18)19/h5-8,10,12,14,16H,2-4H2,1H3. The van der Waals surface area contributed by atoms with Crippen LogP contribution < -0.4 is 5.32 Å². The molecule has 0 saturated heterocycles. The number of nitro benzene ring substituents is 1. The summed E-state index contributed by atoms with van der Waals surface area (Å²) in [6.45, 7) is 2.02. The van der Waals surface area contributed by atoms with Gasteiger partial charge in [-0.15, -0.1) is 0 Å². The zero-order valence-corrected chi connectivity index (χ0v) is 10.9. The van der Waals surface area contributed by atoms with Crippen molar-refractivity contribution in [3.8, 4) is 6.07 Å². The highest BCUT2D eigenvalue weighted by atomic mass is 16.6. The zero-order chi connectivity index (χ0) is 13.8. The summed E-state index contributed by atoms with van der Waals surface area (Å²) in [5.41, 5.74) is 1.11. The van der Waals surface area contributed by atoms with E-state index in [1.165, 1.54) is 12.1 Å². The lowest BCUT2D eigenvalue weighted by Crippen LogP contribution is -2.33. The Morgan fingerprint density at radius 1 is 1.42 bits per heavy atom. The second-order valence-corrected chi connectivity index (χ2v) is 5.01. The minimum absolute atomic E-state index is 0.0838. The number of nitrogens with zero attached hydrogens (tertiary/aromatic N) is 2. The van der Waals surface area contributed by atoms with E-state index in [1.54, 1.807) is 12.1 Å². The molecular weight excluding hydrogens is 242 g/mol. The molecule has 19 heavy (non-hydrogen) atoms. The molecule has 0 amide bonds. The quantitative estimate of drug-likeness (QED) is 0.666. The normalized spacial score (nSPS) is 23.8. The van der Waals surface area contributed by atoms with Crippen molar-refractivity contribution >= 4 is 5.69 Å². The fraction of sp³-hybridized carbons (Fsp3) is 0.500. The molecule has 0 radical (unpaired) electrons. The molecule has 100 valence electrons. The van der Waals surface area contributed by atoms with Crippen molar-refractivity contribution in [2.45, 2.75) is 38.3 Å². The van der Waals surface area contributed by atoms with Crippen molar-refractivity contribution < 1.29 is 4.92 Å². The van der Waals surface area contributed by atoms with Gasteiger partial charge in [0, 0.05) is 24.2 Å². The lowest BCUT2D eigenvalue weighted by Gasteiger charge is -2.21. The van der Waals surface area contributed by atoms with Gasteiger partial charge in [0.1, 0.15) is 0 Å². The Balaban J connectivity index is 2.01. The molecule has 1 aromatic carbocycles. The van der Waals surface area contributed by atoms with Crippen LogP contribution in [0.15, 0.2) is 24.3 Å². The molecule has 5 nitrogen and oxygen atoms in total. The number of non-ortho nitro benzene ring substituents is 1. The largest absolute Gasteiger partial charge is 0.306 e. The number of hydrogen-bond acceptors (Lipinski definition) is 4. The Kier molecular flexibility index (Phi) is 4.13. The Bertz CT molecular complexity index is 492. The molecule has 0 bridgehead atoms. The first-order valence-electron chi connectivity index (χ1n) is 6.52. The molecule has 1 N–H and O–H groups in total. The highest BCUT2D eigenvalue weighted by Gasteiger charge is 2.28. The lowest BCUT2D eigenvalue weighted by molar-refractivity contribution is -0.384. The number of hydrogen-bond donors (Lipinski definition) is 1. The summed E-state index contributed by atoms with van der Waals surface area (Å²) >= 11 is 0. The van der Waals surface area contributed by atoms with E-state index in [4.69, 9.17) is 5.26 Å². The van der Waals surface area contributed by atoms with E-state index in [0.717, 1.165) is 24.8 Å². The topological polar surface area (TPSA) is 79.0 Å². The molecule has 3 atom stereocenters. The van der Waals surface area contributed by atoms with Crippen LogP contribution in [-0.2, 0) is 0 Å². The fourth-order valence-corrected chi connectivity index (χ4v) is 2.62. The molecule has 1 saturated carbocycles. The second-order valence-electron chi connectivity index (χ2n) is 5.01. The van der Waals surface area contributed by atoms with Gasteiger partial charge in [-0.2, -0.15) is 5.26 Å². The van der Waals surface area contributed by atoms with E-state index in [0.29, 0.717) is 0 Å². The van der Waals surface area contributed by atoms with Crippen LogP contribution in [0.4, 0.5) is 5.69 Å². The van der Waals surface area contributed by atoms with Crippen LogP contribution in [0.2, 0.25) is 0 Å². The maximum Gasteiger partial charge on any atom is 0.269 e. The van der Waals surface area contributed by atoms with Gasteiger partial charge in [-0.25, -0.2) is 0 Å². The first-order valence-corrected chi connectivity index (χ1v) is 6.52. The summed E-state index contributed by atoms with van der Waals surface area (Å²) in [5, 5.41) is 23.1. The molecule has 0 aliphatic heterocycles. The summed E-state index contributed by atoms with van der Waals surface area (Å²) in [4.78, 5) is 10.2. The van der Waals surface area contributed by atoms with Crippen LogP contribution in [0.3, 0.4) is 0 Å². The molecule has 0 aromatic heterocycles. The zero-order valence-electron chi connectivity index (χ0n) is 10.9. The number of nitriles is 1. The summed E-state index contributed by atoms with van der Waals surface area (Å²) < 4.78 is 0. The second kappa shape index (κ2) is 5.81.